The van der Waals surface area contributed by atoms with E-state index in [1.54, 1.807) is 0 Å². The molecule has 0 aliphatic heterocycles. The van der Waals surface area contributed by atoms with Gasteiger partial charge >= 0.3 is 12.1 Å². The number of carboxylic acid groups (broad SMARTS) is 1. The van der Waals surface area contributed by atoms with Gasteiger partial charge in [0.15, 0.2) is 0 Å². The van der Waals surface area contributed by atoms with Crippen molar-refractivity contribution in [3.05, 3.63) is 0 Å². The molecule has 0 aromatic carbocycles. The topological polar surface area (TPSA) is 75.6 Å². The van der Waals surface area contributed by atoms with Crippen LogP contribution in [0.2, 0.25) is 0 Å². The van der Waals surface area contributed by atoms with Crippen molar-refractivity contribution in [2.45, 2.75) is 58.0 Å². The summed E-state index contributed by atoms with van der Waals surface area (Å²) < 4.78 is 5.66. The van der Waals surface area contributed by atoms with Crippen LogP contribution in [-0.2, 0) is 9.53 Å². The Morgan fingerprint density at radius 3 is 2.05 bits per heavy atom. The molecule has 0 spiro atoms. The number of carbonyl (C=O) groups is 2. The molecule has 2 N–H and O–H groups in total. The number of aliphatic carboxylic acids is 1. The molecular weight excluding hydrogens is 270 g/mol. The lowest BCUT2D eigenvalue weighted by atomic mass is 9.46. The molecule has 1 amide bonds. The van der Waals surface area contributed by atoms with Crippen LogP contribution in [0.25, 0.3) is 0 Å². The largest absolute Gasteiger partial charge is 0.480 e. The highest BCUT2D eigenvalue weighted by atomic mass is 16.6. The maximum atomic E-state index is 11.9. The summed E-state index contributed by atoms with van der Waals surface area (Å²) in [5, 5.41) is 10.9. The van der Waals surface area contributed by atoms with E-state index >= 15 is 0 Å². The van der Waals surface area contributed by atoms with E-state index in [9.17, 15) is 9.59 Å². The zero-order chi connectivity index (χ0) is 15.3. The van der Waals surface area contributed by atoms with E-state index in [4.69, 9.17) is 9.84 Å². The molecule has 0 heterocycles. The van der Waals surface area contributed by atoms with Gasteiger partial charge in [0, 0.05) is 5.41 Å². The van der Waals surface area contributed by atoms with Gasteiger partial charge in [0.25, 0.3) is 0 Å². The molecule has 4 bridgehead atoms. The van der Waals surface area contributed by atoms with Crippen LogP contribution in [0.5, 0.6) is 0 Å². The molecule has 0 aromatic heterocycles. The summed E-state index contributed by atoms with van der Waals surface area (Å²) in [7, 11) is 0. The standard InChI is InChI=1S/C16H25NO4/c1-15(2,21-14(20)17-9-13(18)19)16-6-10-3-11(7-16)5-12(4-10)8-16/h10-12H,3-9H2,1-2H3,(H,17,20)(H,18,19). The zero-order valence-corrected chi connectivity index (χ0v) is 12.9. The van der Waals surface area contributed by atoms with Gasteiger partial charge in [-0.05, 0) is 70.1 Å². The van der Waals surface area contributed by atoms with E-state index in [0.717, 1.165) is 37.0 Å². The molecular formula is C16H25NO4. The number of ether oxygens (including phenoxy) is 1. The number of carboxylic acids is 1. The molecule has 4 fully saturated rings. The van der Waals surface area contributed by atoms with Crippen LogP contribution >= 0.6 is 0 Å². The fourth-order valence-corrected chi connectivity index (χ4v) is 5.37. The number of rotatable bonds is 4. The van der Waals surface area contributed by atoms with Crippen LogP contribution in [0, 0.1) is 23.2 Å². The normalized spacial score (nSPS) is 37.3. The Bertz CT molecular complexity index is 422. The van der Waals surface area contributed by atoms with Gasteiger partial charge < -0.3 is 15.2 Å². The van der Waals surface area contributed by atoms with Crippen LogP contribution < -0.4 is 5.32 Å². The summed E-state index contributed by atoms with van der Waals surface area (Å²) in [6, 6.07) is 0. The fourth-order valence-electron chi connectivity index (χ4n) is 5.37. The molecule has 5 heteroatoms. The van der Waals surface area contributed by atoms with E-state index in [1.165, 1.54) is 19.3 Å². The molecule has 5 nitrogen and oxygen atoms in total. The number of alkyl carbamates (subject to hydrolysis) is 1. The summed E-state index contributed by atoms with van der Waals surface area (Å²) in [6.07, 6.45) is 6.88. The van der Waals surface area contributed by atoms with Crippen molar-refractivity contribution in [3.8, 4) is 0 Å². The third-order valence-electron chi connectivity index (χ3n) is 6.05. The van der Waals surface area contributed by atoms with E-state index in [0.29, 0.717) is 0 Å². The minimum absolute atomic E-state index is 0.0856. The molecule has 4 aliphatic rings. The summed E-state index contributed by atoms with van der Waals surface area (Å²) in [5.41, 5.74) is -0.450. The quantitative estimate of drug-likeness (QED) is 0.836. The van der Waals surface area contributed by atoms with Gasteiger partial charge in [-0.1, -0.05) is 0 Å². The van der Waals surface area contributed by atoms with Crippen LogP contribution in [-0.4, -0.2) is 29.3 Å². The summed E-state index contributed by atoms with van der Waals surface area (Å²) in [6.45, 7) is 3.61. The van der Waals surface area contributed by atoms with Gasteiger partial charge in [-0.2, -0.15) is 0 Å². The zero-order valence-electron chi connectivity index (χ0n) is 12.9. The average molecular weight is 295 g/mol. The van der Waals surface area contributed by atoms with E-state index in [2.05, 4.69) is 5.32 Å². The summed E-state index contributed by atoms with van der Waals surface area (Å²) >= 11 is 0. The first-order valence-electron chi connectivity index (χ1n) is 7.98. The van der Waals surface area contributed by atoms with Gasteiger partial charge in [-0.15, -0.1) is 0 Å². The Kier molecular flexibility index (Phi) is 3.41. The van der Waals surface area contributed by atoms with Crippen molar-refractivity contribution in [1.82, 2.24) is 5.32 Å². The lowest BCUT2D eigenvalue weighted by molar-refractivity contribution is -0.163. The summed E-state index contributed by atoms with van der Waals surface area (Å²) in [5.74, 6) is 1.32. The highest BCUT2D eigenvalue weighted by molar-refractivity contribution is 5.76. The first-order chi connectivity index (χ1) is 9.80. The second kappa shape index (κ2) is 4.89. The third-order valence-corrected chi connectivity index (χ3v) is 6.05. The SMILES string of the molecule is CC(C)(OC(=O)NCC(=O)O)C12CC3CC(CC(C3)C1)C2. The highest BCUT2D eigenvalue weighted by Crippen LogP contribution is 2.64. The Labute approximate surface area is 125 Å². The average Bonchev–Trinajstić information content (AvgIpc) is 2.34. The molecule has 118 valence electrons. The highest BCUT2D eigenvalue weighted by Gasteiger charge is 2.58. The first-order valence-corrected chi connectivity index (χ1v) is 7.98. The van der Waals surface area contributed by atoms with Crippen LogP contribution in [0.3, 0.4) is 0 Å². The Balaban J connectivity index is 1.69. The predicted octanol–water partition coefficient (Wildman–Crippen LogP) is 2.79. The predicted molar refractivity (Wildman–Crippen MR) is 76.8 cm³/mol. The van der Waals surface area contributed by atoms with Crippen LogP contribution in [0.4, 0.5) is 4.79 Å². The van der Waals surface area contributed by atoms with E-state index in [-0.39, 0.29) is 5.41 Å². The third kappa shape index (κ3) is 2.62. The van der Waals surface area contributed by atoms with Gasteiger partial charge in [0.05, 0.1) is 0 Å². The number of hydrogen-bond acceptors (Lipinski definition) is 3. The van der Waals surface area contributed by atoms with Crippen molar-refractivity contribution in [2.75, 3.05) is 6.54 Å². The maximum absolute atomic E-state index is 11.9. The molecule has 0 saturated heterocycles. The number of amides is 1. The van der Waals surface area contributed by atoms with Gasteiger partial charge in [-0.25, -0.2) is 4.79 Å². The lowest BCUT2D eigenvalue weighted by Gasteiger charge is -2.61. The molecule has 0 atom stereocenters. The molecule has 4 saturated carbocycles. The first kappa shape index (κ1) is 14.7. The van der Waals surface area contributed by atoms with E-state index in [1.807, 2.05) is 13.8 Å². The number of nitrogens with one attached hydrogen (secondary N) is 1. The second-order valence-corrected chi connectivity index (χ2v) is 7.85. The minimum atomic E-state index is -1.06. The molecule has 4 rings (SSSR count). The van der Waals surface area contributed by atoms with Gasteiger partial charge in [-0.3, -0.25) is 4.79 Å². The van der Waals surface area contributed by atoms with Gasteiger partial charge in [0.2, 0.25) is 0 Å². The smallest absolute Gasteiger partial charge is 0.408 e. The van der Waals surface area contributed by atoms with Gasteiger partial charge in [0.1, 0.15) is 12.1 Å². The van der Waals surface area contributed by atoms with Crippen molar-refractivity contribution in [3.63, 3.8) is 0 Å². The maximum Gasteiger partial charge on any atom is 0.408 e. The van der Waals surface area contributed by atoms with Crippen molar-refractivity contribution in [2.24, 2.45) is 23.2 Å². The molecule has 4 aliphatic carbocycles. The molecule has 21 heavy (non-hydrogen) atoms. The van der Waals surface area contributed by atoms with E-state index < -0.39 is 24.2 Å². The Morgan fingerprint density at radius 2 is 1.62 bits per heavy atom. The van der Waals surface area contributed by atoms with Crippen molar-refractivity contribution >= 4 is 12.1 Å². The fraction of sp³-hybridized carbons (Fsp3) is 0.875. The molecule has 0 radical (unpaired) electrons. The number of hydrogen-bond donors (Lipinski definition) is 2. The molecule has 0 unspecified atom stereocenters. The Hall–Kier alpha value is -1.26. The Morgan fingerprint density at radius 1 is 1.14 bits per heavy atom. The summed E-state index contributed by atoms with van der Waals surface area (Å²) in [4.78, 5) is 22.4. The van der Waals surface area contributed by atoms with Crippen molar-refractivity contribution in [1.29, 1.82) is 0 Å². The van der Waals surface area contributed by atoms with Crippen LogP contribution in [0.1, 0.15) is 52.4 Å². The monoisotopic (exact) mass is 295 g/mol. The molecule has 0 aromatic rings. The second-order valence-electron chi connectivity index (χ2n) is 7.85. The minimum Gasteiger partial charge on any atom is -0.480 e. The van der Waals surface area contributed by atoms with Crippen molar-refractivity contribution < 1.29 is 19.4 Å². The number of carbonyl (C=O) groups excluding carboxylic acids is 1. The lowest BCUT2D eigenvalue weighted by Crippen LogP contribution is -2.58. The van der Waals surface area contributed by atoms with Crippen LogP contribution in [0.15, 0.2) is 0 Å².